The minimum absolute atomic E-state index is 0. The van der Waals surface area contributed by atoms with Gasteiger partial charge in [-0.25, -0.2) is 9.98 Å². The molecule has 0 saturated heterocycles. The summed E-state index contributed by atoms with van der Waals surface area (Å²) in [5.74, 6) is 2.28. The first kappa shape index (κ1) is 33.9. The molecule has 4 aliphatic carbocycles. The summed E-state index contributed by atoms with van der Waals surface area (Å²) in [6.07, 6.45) is 38.7. The van der Waals surface area contributed by atoms with Crippen LogP contribution in [0.1, 0.15) is 11.3 Å². The zero-order chi connectivity index (χ0) is 26.5. The molecule has 20 radical (unpaired) electrons. The van der Waals surface area contributed by atoms with E-state index < -0.39 is 0 Å². The fraction of sp³-hybridized carbons (Fsp3) is 0. The summed E-state index contributed by atoms with van der Waals surface area (Å²) in [5, 5.41) is 0. The Kier molecular flexibility index (Phi) is 15.5. The van der Waals surface area contributed by atoms with Gasteiger partial charge in [0.25, 0.3) is 0 Å². The molecule has 200 valence electrons. The largest absolute Gasteiger partial charge is 2.00 e. The van der Waals surface area contributed by atoms with E-state index in [2.05, 4.69) is 68.1 Å². The molecule has 0 unspecified atom stereocenters. The molecule has 0 N–H and O–H groups in total. The van der Waals surface area contributed by atoms with Gasteiger partial charge in [-0.2, -0.15) is 0 Å². The summed E-state index contributed by atoms with van der Waals surface area (Å²) < 4.78 is 2.14. The maximum atomic E-state index is 4.86. The molecule has 0 amide bonds. The third-order valence-corrected chi connectivity index (χ3v) is 6.01. The predicted molar refractivity (Wildman–Crippen MR) is 157 cm³/mol. The van der Waals surface area contributed by atoms with Crippen molar-refractivity contribution in [3.8, 4) is 5.69 Å². The average Bonchev–Trinajstić information content (AvgIpc) is 3.83. The second-order valence-corrected chi connectivity index (χ2v) is 8.71. The van der Waals surface area contributed by atoms with Gasteiger partial charge in [-0.1, -0.05) is 36.4 Å². The third kappa shape index (κ3) is 9.96. The Balaban J connectivity index is 0.000000325. The maximum absolute atomic E-state index is 4.86. The summed E-state index contributed by atoms with van der Waals surface area (Å²) in [6.45, 7) is 0. The van der Waals surface area contributed by atoms with Crippen LogP contribution in [-0.4, -0.2) is 9.55 Å². The van der Waals surface area contributed by atoms with Crippen LogP contribution in [0.3, 0.4) is 0 Å². The summed E-state index contributed by atoms with van der Waals surface area (Å²) >= 11 is 0. The first-order chi connectivity index (χ1) is 19.4. The van der Waals surface area contributed by atoms with Crippen molar-refractivity contribution in [2.24, 2.45) is 4.99 Å². The molecule has 5 heteroatoms. The Hall–Kier alpha value is -1.64. The van der Waals surface area contributed by atoms with Crippen molar-refractivity contribution in [2.75, 3.05) is 0 Å². The van der Waals surface area contributed by atoms with Crippen molar-refractivity contribution in [1.82, 2.24) is 9.55 Å². The second-order valence-electron chi connectivity index (χ2n) is 8.71. The van der Waals surface area contributed by atoms with E-state index in [4.69, 9.17) is 9.98 Å². The maximum Gasteiger partial charge on any atom is 2.00 e. The Bertz CT molecular complexity index is 1150. The Morgan fingerprint density at radius 2 is 0.927 bits per heavy atom. The smallest absolute Gasteiger partial charge is 0.282 e. The minimum atomic E-state index is 0. The van der Waals surface area contributed by atoms with Gasteiger partial charge in [-0.05, 0) is 145 Å². The molecule has 0 bridgehead atoms. The van der Waals surface area contributed by atoms with Gasteiger partial charge < -0.3 is 0 Å². The van der Waals surface area contributed by atoms with E-state index in [1.54, 1.807) is 0 Å². The molecule has 0 atom stereocenters. The molecular formula is C36H29Fe2N3+4. The Morgan fingerprint density at radius 3 is 1.41 bits per heavy atom. The number of nitrogens with zero attached hydrogens (tertiary/aromatic N) is 3. The summed E-state index contributed by atoms with van der Waals surface area (Å²) in [6, 6.07) is 20.2. The summed E-state index contributed by atoms with van der Waals surface area (Å²) in [7, 11) is 0. The second kappa shape index (κ2) is 18.8. The molecule has 1 heterocycles. The van der Waals surface area contributed by atoms with E-state index in [9.17, 15) is 0 Å². The average molecular weight is 615 g/mol. The van der Waals surface area contributed by atoms with E-state index in [-0.39, 0.29) is 34.1 Å². The standard InChI is InChI=1S/C26H19N3.2C5H5.2Fe/c1-3-15-22(16-4-1)28-26-27-19-24(20-11-7-8-12-20)25(21-13-9-10-14-21)29(26)23-17-5-2-6-18-23;2*1-2-4-5-3-1;;/h1-19H;2*1-5H;;/q;;;2*+2. The SMILES string of the molecule is [CH]1[CH][CH][CH][CH]1.[CH]1[CH][CH][CH][CH]1.[CH]1[CH][CH][C](c2cnc(=Nc3ccccc3)n(-c3ccccc3)c2[C]2[CH][CH][CH][CH]2)[CH]1.[Fe+2].[Fe+2]. The number of benzene rings is 2. The number of para-hydroxylation sites is 2. The van der Waals surface area contributed by atoms with Crippen LogP contribution < -0.4 is 5.62 Å². The normalized spacial score (nSPS) is 19.0. The number of hydrogen-bond donors (Lipinski definition) is 0. The molecule has 4 fully saturated rings. The molecule has 4 saturated carbocycles. The number of aromatic nitrogens is 2. The molecule has 2 aromatic carbocycles. The van der Waals surface area contributed by atoms with Crippen molar-refractivity contribution in [2.45, 2.75) is 0 Å². The zero-order valence-electron chi connectivity index (χ0n) is 22.3. The fourth-order valence-corrected chi connectivity index (χ4v) is 4.20. The Morgan fingerprint density at radius 1 is 0.488 bits per heavy atom. The summed E-state index contributed by atoms with van der Waals surface area (Å²) in [4.78, 5) is 9.64. The molecule has 3 nitrogen and oxygen atoms in total. The van der Waals surface area contributed by atoms with Crippen LogP contribution in [-0.2, 0) is 34.1 Å². The Labute approximate surface area is 270 Å². The van der Waals surface area contributed by atoms with Crippen LogP contribution in [0.5, 0.6) is 0 Å². The van der Waals surface area contributed by atoms with E-state index >= 15 is 0 Å². The van der Waals surface area contributed by atoms with Crippen molar-refractivity contribution in [3.05, 3.63) is 211 Å². The van der Waals surface area contributed by atoms with E-state index in [1.807, 2.05) is 119 Å². The van der Waals surface area contributed by atoms with Gasteiger partial charge in [-0.3, -0.25) is 4.57 Å². The van der Waals surface area contributed by atoms with Crippen molar-refractivity contribution >= 4 is 5.69 Å². The first-order valence-electron chi connectivity index (χ1n) is 12.9. The summed E-state index contributed by atoms with van der Waals surface area (Å²) in [5.41, 5.74) is 4.71. The third-order valence-electron chi connectivity index (χ3n) is 6.01. The molecule has 7 rings (SSSR count). The van der Waals surface area contributed by atoms with E-state index in [1.165, 1.54) is 0 Å². The number of hydrogen-bond acceptors (Lipinski definition) is 2. The first-order valence-corrected chi connectivity index (χ1v) is 12.9. The van der Waals surface area contributed by atoms with Crippen molar-refractivity contribution in [1.29, 1.82) is 0 Å². The quantitative estimate of drug-likeness (QED) is 0.303. The molecular weight excluding hydrogens is 586 g/mol. The van der Waals surface area contributed by atoms with Gasteiger partial charge in [0.15, 0.2) is 0 Å². The van der Waals surface area contributed by atoms with Crippen LogP contribution >= 0.6 is 0 Å². The van der Waals surface area contributed by atoms with Crippen LogP contribution in [0.4, 0.5) is 5.69 Å². The van der Waals surface area contributed by atoms with Crippen LogP contribution in [0.15, 0.2) is 71.9 Å². The number of rotatable bonds is 4. The fourth-order valence-electron chi connectivity index (χ4n) is 4.20. The molecule has 4 aliphatic rings. The van der Waals surface area contributed by atoms with Crippen LogP contribution in [0.2, 0.25) is 0 Å². The molecule has 1 aromatic heterocycles. The van der Waals surface area contributed by atoms with Gasteiger partial charge in [0, 0.05) is 29.4 Å². The molecule has 0 spiro atoms. The van der Waals surface area contributed by atoms with E-state index in [0.29, 0.717) is 5.62 Å². The monoisotopic (exact) mass is 615 g/mol. The van der Waals surface area contributed by atoms with Gasteiger partial charge in [-0.15, -0.1) is 0 Å². The van der Waals surface area contributed by atoms with Gasteiger partial charge in [0.05, 0.1) is 5.69 Å². The van der Waals surface area contributed by atoms with Crippen molar-refractivity contribution < 1.29 is 34.1 Å². The predicted octanol–water partition coefficient (Wildman–Crippen LogP) is 6.65. The minimum Gasteiger partial charge on any atom is -0.282 e. The van der Waals surface area contributed by atoms with Crippen LogP contribution in [0.25, 0.3) is 5.69 Å². The molecule has 41 heavy (non-hydrogen) atoms. The molecule has 0 aliphatic heterocycles. The van der Waals surface area contributed by atoms with Crippen LogP contribution in [0, 0.1) is 127 Å². The topological polar surface area (TPSA) is 30.2 Å². The van der Waals surface area contributed by atoms with Crippen molar-refractivity contribution in [3.63, 3.8) is 0 Å². The van der Waals surface area contributed by atoms with Gasteiger partial charge in [0.2, 0.25) is 5.62 Å². The zero-order valence-corrected chi connectivity index (χ0v) is 24.5. The van der Waals surface area contributed by atoms with Gasteiger partial charge in [0.1, 0.15) is 0 Å². The molecule has 3 aromatic rings. The van der Waals surface area contributed by atoms with E-state index in [0.717, 1.165) is 34.5 Å². The van der Waals surface area contributed by atoms with Gasteiger partial charge >= 0.3 is 34.1 Å².